The molecule has 2 aromatic heterocycles. The minimum atomic E-state index is -0.478. The monoisotopic (exact) mass is 329 g/mol. The molecule has 1 saturated heterocycles. The zero-order chi connectivity index (χ0) is 17.4. The molecule has 3 heterocycles. The second-order valence-electron chi connectivity index (χ2n) is 6.67. The summed E-state index contributed by atoms with van der Waals surface area (Å²) in [4.78, 5) is 32.1. The van der Waals surface area contributed by atoms with Gasteiger partial charge in [0.2, 0.25) is 5.91 Å². The summed E-state index contributed by atoms with van der Waals surface area (Å²) in [6.07, 6.45) is 3.49. The molecule has 24 heavy (non-hydrogen) atoms. The molecule has 0 aliphatic carbocycles. The Morgan fingerprint density at radius 1 is 1.38 bits per heavy atom. The minimum absolute atomic E-state index is 0.126. The SMILES string of the molecule is CC(C)n1cc(C(N)=O)c2ncc(CN3CCN(C)CC3=O)cc21. The molecule has 128 valence electrons. The van der Waals surface area contributed by atoms with E-state index in [9.17, 15) is 9.59 Å². The molecule has 0 bridgehead atoms. The number of amides is 2. The number of nitrogens with two attached hydrogens (primary N) is 1. The topological polar surface area (TPSA) is 84.5 Å². The summed E-state index contributed by atoms with van der Waals surface area (Å²) in [6.45, 7) is 6.65. The third-order valence-corrected chi connectivity index (χ3v) is 4.43. The van der Waals surface area contributed by atoms with Crippen molar-refractivity contribution in [2.45, 2.75) is 26.4 Å². The lowest BCUT2D eigenvalue weighted by atomic mass is 10.2. The number of carbonyl (C=O) groups is 2. The fourth-order valence-electron chi connectivity index (χ4n) is 3.08. The van der Waals surface area contributed by atoms with Gasteiger partial charge in [0.05, 0.1) is 17.6 Å². The smallest absolute Gasteiger partial charge is 0.252 e. The van der Waals surface area contributed by atoms with Crippen LogP contribution < -0.4 is 5.73 Å². The maximum atomic E-state index is 12.1. The Balaban J connectivity index is 1.94. The molecule has 7 heteroatoms. The number of hydrogen-bond acceptors (Lipinski definition) is 4. The average molecular weight is 329 g/mol. The van der Waals surface area contributed by atoms with E-state index in [1.54, 1.807) is 12.4 Å². The largest absolute Gasteiger partial charge is 0.365 e. The van der Waals surface area contributed by atoms with E-state index >= 15 is 0 Å². The van der Waals surface area contributed by atoms with Crippen molar-refractivity contribution < 1.29 is 9.59 Å². The van der Waals surface area contributed by atoms with Crippen molar-refractivity contribution in [3.05, 3.63) is 29.6 Å². The third kappa shape index (κ3) is 2.99. The van der Waals surface area contributed by atoms with Crippen LogP contribution in [-0.4, -0.2) is 57.8 Å². The van der Waals surface area contributed by atoms with Gasteiger partial charge in [0.25, 0.3) is 5.91 Å². The molecule has 1 fully saturated rings. The van der Waals surface area contributed by atoms with Crippen molar-refractivity contribution in [2.24, 2.45) is 5.73 Å². The van der Waals surface area contributed by atoms with Crippen molar-refractivity contribution >= 4 is 22.8 Å². The van der Waals surface area contributed by atoms with Gasteiger partial charge in [-0.3, -0.25) is 19.5 Å². The van der Waals surface area contributed by atoms with E-state index in [2.05, 4.69) is 4.98 Å². The Bertz CT molecular complexity index is 796. The van der Waals surface area contributed by atoms with Crippen LogP contribution in [0.2, 0.25) is 0 Å². The molecule has 2 N–H and O–H groups in total. The molecular formula is C17H23N5O2. The van der Waals surface area contributed by atoms with Crippen LogP contribution in [0.1, 0.15) is 35.8 Å². The second kappa shape index (κ2) is 6.24. The molecule has 1 aliphatic rings. The lowest BCUT2D eigenvalue weighted by molar-refractivity contribution is -0.136. The molecule has 0 saturated carbocycles. The van der Waals surface area contributed by atoms with Crippen LogP contribution in [-0.2, 0) is 11.3 Å². The molecule has 2 aromatic rings. The molecule has 3 rings (SSSR count). The lowest BCUT2D eigenvalue weighted by Gasteiger charge is -2.32. The number of piperazine rings is 1. The van der Waals surface area contributed by atoms with E-state index in [-0.39, 0.29) is 11.9 Å². The molecule has 1 aliphatic heterocycles. The third-order valence-electron chi connectivity index (χ3n) is 4.43. The Hall–Kier alpha value is -2.41. The molecule has 2 amide bonds. The number of rotatable bonds is 4. The Labute approximate surface area is 141 Å². The predicted octanol–water partition coefficient (Wildman–Crippen LogP) is 0.990. The first-order chi connectivity index (χ1) is 11.4. The van der Waals surface area contributed by atoms with Gasteiger partial charge in [0, 0.05) is 38.1 Å². The number of fused-ring (bicyclic) bond motifs is 1. The molecule has 0 atom stereocenters. The Kier molecular flexibility index (Phi) is 4.28. The van der Waals surface area contributed by atoms with Gasteiger partial charge < -0.3 is 15.2 Å². The number of aromatic nitrogens is 2. The number of likely N-dealkylation sites (N-methyl/N-ethyl adjacent to an activating group) is 1. The van der Waals surface area contributed by atoms with Crippen LogP contribution in [0, 0.1) is 0 Å². The fourth-order valence-corrected chi connectivity index (χ4v) is 3.08. The van der Waals surface area contributed by atoms with E-state index in [4.69, 9.17) is 5.73 Å². The highest BCUT2D eigenvalue weighted by Crippen LogP contribution is 2.24. The van der Waals surface area contributed by atoms with Crippen LogP contribution in [0.3, 0.4) is 0 Å². The molecule has 0 unspecified atom stereocenters. The summed E-state index contributed by atoms with van der Waals surface area (Å²) in [5, 5.41) is 0. The first kappa shape index (κ1) is 16.4. The summed E-state index contributed by atoms with van der Waals surface area (Å²) in [6, 6.07) is 2.18. The lowest BCUT2D eigenvalue weighted by Crippen LogP contribution is -2.48. The highest BCUT2D eigenvalue weighted by molar-refractivity contribution is 6.04. The highest BCUT2D eigenvalue weighted by atomic mass is 16.2. The summed E-state index contributed by atoms with van der Waals surface area (Å²) >= 11 is 0. The number of pyridine rings is 1. The normalized spacial score (nSPS) is 16.3. The van der Waals surface area contributed by atoms with Gasteiger partial charge >= 0.3 is 0 Å². The summed E-state index contributed by atoms with van der Waals surface area (Å²) in [5.41, 5.74) is 8.34. The average Bonchev–Trinajstić information content (AvgIpc) is 2.89. The highest BCUT2D eigenvalue weighted by Gasteiger charge is 2.22. The number of carbonyl (C=O) groups excluding carboxylic acids is 2. The van der Waals surface area contributed by atoms with Gasteiger partial charge in [-0.05, 0) is 32.5 Å². The van der Waals surface area contributed by atoms with E-state index in [1.165, 1.54) is 0 Å². The second-order valence-corrected chi connectivity index (χ2v) is 6.67. The zero-order valence-corrected chi connectivity index (χ0v) is 14.3. The van der Waals surface area contributed by atoms with Gasteiger partial charge in [-0.2, -0.15) is 0 Å². The van der Waals surface area contributed by atoms with E-state index in [0.717, 1.165) is 17.6 Å². The summed E-state index contributed by atoms with van der Waals surface area (Å²) < 4.78 is 2.00. The molecule has 0 aromatic carbocycles. The maximum absolute atomic E-state index is 12.1. The number of hydrogen-bond donors (Lipinski definition) is 1. The van der Waals surface area contributed by atoms with E-state index in [0.29, 0.717) is 30.7 Å². The summed E-state index contributed by atoms with van der Waals surface area (Å²) in [5.74, 6) is -0.352. The van der Waals surface area contributed by atoms with E-state index < -0.39 is 5.91 Å². The summed E-state index contributed by atoms with van der Waals surface area (Å²) in [7, 11) is 1.95. The van der Waals surface area contributed by atoms with Gasteiger partial charge in [0.15, 0.2) is 0 Å². The quantitative estimate of drug-likeness (QED) is 0.906. The van der Waals surface area contributed by atoms with Crippen LogP contribution >= 0.6 is 0 Å². The van der Waals surface area contributed by atoms with Crippen LogP contribution in [0.4, 0.5) is 0 Å². The van der Waals surface area contributed by atoms with Crippen molar-refractivity contribution in [3.63, 3.8) is 0 Å². The van der Waals surface area contributed by atoms with Crippen LogP contribution in [0.5, 0.6) is 0 Å². The van der Waals surface area contributed by atoms with Gasteiger partial charge in [-0.25, -0.2) is 0 Å². The number of nitrogens with zero attached hydrogens (tertiary/aromatic N) is 4. The maximum Gasteiger partial charge on any atom is 0.252 e. The van der Waals surface area contributed by atoms with Crippen molar-refractivity contribution in [1.29, 1.82) is 0 Å². The fraction of sp³-hybridized carbons (Fsp3) is 0.471. The first-order valence-corrected chi connectivity index (χ1v) is 8.12. The number of primary amides is 1. The minimum Gasteiger partial charge on any atom is -0.365 e. The van der Waals surface area contributed by atoms with Crippen LogP contribution in [0.25, 0.3) is 11.0 Å². The molecule has 0 spiro atoms. The van der Waals surface area contributed by atoms with Crippen molar-refractivity contribution in [2.75, 3.05) is 26.7 Å². The van der Waals surface area contributed by atoms with E-state index in [1.807, 2.05) is 41.3 Å². The predicted molar refractivity (Wildman–Crippen MR) is 91.5 cm³/mol. The van der Waals surface area contributed by atoms with Gasteiger partial charge in [-0.15, -0.1) is 0 Å². The first-order valence-electron chi connectivity index (χ1n) is 8.12. The van der Waals surface area contributed by atoms with Crippen LogP contribution in [0.15, 0.2) is 18.5 Å². The van der Waals surface area contributed by atoms with Crippen molar-refractivity contribution in [1.82, 2.24) is 19.4 Å². The Morgan fingerprint density at radius 2 is 2.12 bits per heavy atom. The molecule has 0 radical (unpaired) electrons. The zero-order valence-electron chi connectivity index (χ0n) is 14.3. The molecule has 7 nitrogen and oxygen atoms in total. The standard InChI is InChI=1S/C17H23N5O2/c1-11(2)22-9-13(17(18)24)16-14(22)6-12(7-19-16)8-21-5-4-20(3)10-15(21)23/h6-7,9,11H,4-5,8,10H2,1-3H3,(H2,18,24). The molecular weight excluding hydrogens is 306 g/mol. The van der Waals surface area contributed by atoms with Gasteiger partial charge in [-0.1, -0.05) is 0 Å². The van der Waals surface area contributed by atoms with Gasteiger partial charge in [0.1, 0.15) is 5.52 Å². The van der Waals surface area contributed by atoms with Crippen molar-refractivity contribution in [3.8, 4) is 0 Å². The Morgan fingerprint density at radius 3 is 2.75 bits per heavy atom.